The van der Waals surface area contributed by atoms with E-state index in [0.717, 1.165) is 18.1 Å². The summed E-state index contributed by atoms with van der Waals surface area (Å²) in [5, 5.41) is 0. The number of para-hydroxylation sites is 1. The van der Waals surface area contributed by atoms with Gasteiger partial charge in [0, 0.05) is 6.54 Å². The molecule has 2 rings (SSSR count). The van der Waals surface area contributed by atoms with Crippen molar-refractivity contribution in [1.82, 2.24) is 0 Å². The van der Waals surface area contributed by atoms with Gasteiger partial charge in [-0.25, -0.2) is 9.18 Å². The fourth-order valence-electron chi connectivity index (χ4n) is 2.01. The highest BCUT2D eigenvalue weighted by Crippen LogP contribution is 2.33. The second-order valence-electron chi connectivity index (χ2n) is 3.91. The largest absolute Gasteiger partial charge is 0.467 e. The van der Waals surface area contributed by atoms with E-state index < -0.39 is 29.5 Å². The van der Waals surface area contributed by atoms with Crippen molar-refractivity contribution in [2.45, 2.75) is 6.04 Å². The van der Waals surface area contributed by atoms with Crippen molar-refractivity contribution in [3.8, 4) is 0 Å². The Hall–Kier alpha value is -2.28. The Morgan fingerprint density at radius 2 is 2.16 bits per heavy atom. The summed E-state index contributed by atoms with van der Waals surface area (Å²) in [6.45, 7) is -0.278. The number of carbonyl (C=O) groups excluding carboxylic acids is 3. The molecule has 1 unspecified atom stereocenters. The zero-order chi connectivity index (χ0) is 14.2. The van der Waals surface area contributed by atoms with Gasteiger partial charge in [-0.2, -0.15) is 0 Å². The van der Waals surface area contributed by atoms with E-state index in [2.05, 4.69) is 4.74 Å². The fourth-order valence-corrected chi connectivity index (χ4v) is 2.01. The van der Waals surface area contributed by atoms with Gasteiger partial charge in [0.25, 0.3) is 11.7 Å². The maximum atomic E-state index is 13.8. The Balaban J connectivity index is 2.57. The minimum absolute atomic E-state index is 0.0765. The molecule has 1 aromatic carbocycles. The first-order valence-electron chi connectivity index (χ1n) is 5.47. The zero-order valence-corrected chi connectivity index (χ0v) is 10.1. The van der Waals surface area contributed by atoms with Crippen LogP contribution in [0.4, 0.5) is 10.1 Å². The Kier molecular flexibility index (Phi) is 3.30. The quantitative estimate of drug-likeness (QED) is 0.607. The highest BCUT2D eigenvalue weighted by Gasteiger charge is 2.44. The fraction of sp³-hybridized carbons (Fsp3) is 0.250. The van der Waals surface area contributed by atoms with E-state index in [9.17, 15) is 18.8 Å². The summed E-state index contributed by atoms with van der Waals surface area (Å²) in [5.41, 5.74) is 5.12. The maximum absolute atomic E-state index is 13.8. The number of esters is 1. The van der Waals surface area contributed by atoms with Crippen molar-refractivity contribution < 1.29 is 23.5 Å². The summed E-state index contributed by atoms with van der Waals surface area (Å²) in [6.07, 6.45) is 0. The third kappa shape index (κ3) is 1.88. The van der Waals surface area contributed by atoms with Gasteiger partial charge in [0.05, 0.1) is 18.4 Å². The van der Waals surface area contributed by atoms with Crippen molar-refractivity contribution in [2.24, 2.45) is 5.73 Å². The van der Waals surface area contributed by atoms with E-state index in [1.165, 1.54) is 12.1 Å². The average molecular weight is 266 g/mol. The average Bonchev–Trinajstić information content (AvgIpc) is 2.66. The van der Waals surface area contributed by atoms with Gasteiger partial charge in [-0.15, -0.1) is 0 Å². The van der Waals surface area contributed by atoms with Gasteiger partial charge < -0.3 is 10.5 Å². The molecule has 0 fully saturated rings. The van der Waals surface area contributed by atoms with Crippen LogP contribution < -0.4 is 10.6 Å². The molecule has 100 valence electrons. The number of fused-ring (bicyclic) bond motifs is 1. The SMILES string of the molecule is COC(=O)C(CN)N1C(=O)C(=O)c2cccc(F)c21. The zero-order valence-electron chi connectivity index (χ0n) is 10.1. The van der Waals surface area contributed by atoms with E-state index in [1.807, 2.05) is 0 Å². The van der Waals surface area contributed by atoms with Gasteiger partial charge in [0.1, 0.15) is 11.9 Å². The molecule has 6 nitrogen and oxygen atoms in total. The lowest BCUT2D eigenvalue weighted by Gasteiger charge is -2.24. The Morgan fingerprint density at radius 3 is 2.74 bits per heavy atom. The number of Topliss-reactive ketones (excluding diaryl/α,β-unsaturated/α-hetero) is 1. The molecule has 0 aliphatic carbocycles. The van der Waals surface area contributed by atoms with Gasteiger partial charge in [0.15, 0.2) is 0 Å². The number of hydrogen-bond acceptors (Lipinski definition) is 5. The van der Waals surface area contributed by atoms with Crippen LogP contribution in [0, 0.1) is 5.82 Å². The molecule has 1 heterocycles. The number of ether oxygens (including phenoxy) is 1. The molecule has 1 aliphatic rings. The van der Waals surface area contributed by atoms with Crippen molar-refractivity contribution in [3.05, 3.63) is 29.6 Å². The van der Waals surface area contributed by atoms with Crippen LogP contribution in [0.5, 0.6) is 0 Å². The van der Waals surface area contributed by atoms with Gasteiger partial charge in [0.2, 0.25) is 0 Å². The summed E-state index contributed by atoms with van der Waals surface area (Å²) >= 11 is 0. The molecular formula is C12H11FN2O4. The van der Waals surface area contributed by atoms with Gasteiger partial charge >= 0.3 is 5.97 Å². The number of nitrogens with two attached hydrogens (primary N) is 1. The highest BCUT2D eigenvalue weighted by atomic mass is 19.1. The molecular weight excluding hydrogens is 255 g/mol. The molecule has 0 saturated carbocycles. The van der Waals surface area contributed by atoms with Crippen molar-refractivity contribution in [3.63, 3.8) is 0 Å². The molecule has 7 heteroatoms. The Labute approximate surface area is 107 Å². The second kappa shape index (κ2) is 4.77. The van der Waals surface area contributed by atoms with E-state index in [4.69, 9.17) is 5.73 Å². The predicted molar refractivity (Wildman–Crippen MR) is 63.1 cm³/mol. The van der Waals surface area contributed by atoms with E-state index in [1.54, 1.807) is 0 Å². The number of rotatable bonds is 3. The van der Waals surface area contributed by atoms with Crippen LogP contribution in [-0.4, -0.2) is 37.4 Å². The first kappa shape index (κ1) is 13.2. The molecule has 2 N–H and O–H groups in total. The Morgan fingerprint density at radius 1 is 1.47 bits per heavy atom. The molecule has 1 atom stereocenters. The third-order valence-electron chi connectivity index (χ3n) is 2.89. The summed E-state index contributed by atoms with van der Waals surface area (Å²) in [4.78, 5) is 36.0. The molecule has 1 amide bonds. The van der Waals surface area contributed by atoms with Crippen LogP contribution in [0.25, 0.3) is 0 Å². The second-order valence-corrected chi connectivity index (χ2v) is 3.91. The number of carbonyl (C=O) groups is 3. The van der Waals surface area contributed by atoms with Crippen molar-refractivity contribution >= 4 is 23.3 Å². The number of ketones is 1. The van der Waals surface area contributed by atoms with Gasteiger partial charge in [-0.3, -0.25) is 14.5 Å². The van der Waals surface area contributed by atoms with Crippen molar-refractivity contribution in [2.75, 3.05) is 18.6 Å². The Bertz CT molecular complexity index is 573. The molecule has 0 saturated heterocycles. The number of nitrogens with zero attached hydrogens (tertiary/aromatic N) is 1. The summed E-state index contributed by atoms with van der Waals surface area (Å²) in [5.74, 6) is -3.42. The van der Waals surface area contributed by atoms with Crippen LogP contribution >= 0.6 is 0 Å². The van der Waals surface area contributed by atoms with Crippen LogP contribution in [0.1, 0.15) is 10.4 Å². The molecule has 0 radical (unpaired) electrons. The minimum atomic E-state index is -1.22. The van der Waals surface area contributed by atoms with Crippen molar-refractivity contribution in [1.29, 1.82) is 0 Å². The number of amides is 1. The summed E-state index contributed by atoms with van der Waals surface area (Å²) < 4.78 is 18.3. The van der Waals surface area contributed by atoms with Gasteiger partial charge in [-0.05, 0) is 12.1 Å². The van der Waals surface area contributed by atoms with Crippen LogP contribution in [0.2, 0.25) is 0 Å². The molecule has 0 bridgehead atoms. The lowest BCUT2D eigenvalue weighted by molar-refractivity contribution is -0.142. The summed E-state index contributed by atoms with van der Waals surface area (Å²) in [7, 11) is 1.12. The lowest BCUT2D eigenvalue weighted by Crippen LogP contribution is -2.49. The molecule has 1 aliphatic heterocycles. The van der Waals surface area contributed by atoms with Gasteiger partial charge in [-0.1, -0.05) is 6.07 Å². The molecule has 0 aromatic heterocycles. The molecule has 0 spiro atoms. The lowest BCUT2D eigenvalue weighted by atomic mass is 10.1. The minimum Gasteiger partial charge on any atom is -0.467 e. The number of anilines is 1. The normalized spacial score (nSPS) is 15.4. The maximum Gasteiger partial charge on any atom is 0.330 e. The predicted octanol–water partition coefficient (Wildman–Crippen LogP) is -0.145. The van der Waals surface area contributed by atoms with E-state index in [0.29, 0.717) is 0 Å². The number of benzene rings is 1. The standard InChI is InChI=1S/C12H11FN2O4/c1-19-12(18)8(5-14)15-9-6(10(16)11(15)17)3-2-4-7(9)13/h2-4,8H,5,14H2,1H3. The topological polar surface area (TPSA) is 89.7 Å². The van der Waals surface area contributed by atoms with Crippen LogP contribution in [-0.2, 0) is 14.3 Å². The first-order valence-corrected chi connectivity index (χ1v) is 5.47. The number of methoxy groups -OCH3 is 1. The smallest absolute Gasteiger partial charge is 0.330 e. The van der Waals surface area contributed by atoms with E-state index in [-0.39, 0.29) is 17.8 Å². The summed E-state index contributed by atoms with van der Waals surface area (Å²) in [6, 6.07) is 2.52. The number of halogens is 1. The van der Waals surface area contributed by atoms with Crippen LogP contribution in [0.3, 0.4) is 0 Å². The molecule has 19 heavy (non-hydrogen) atoms. The van der Waals surface area contributed by atoms with E-state index >= 15 is 0 Å². The molecule has 1 aromatic rings. The van der Waals surface area contributed by atoms with Crippen LogP contribution in [0.15, 0.2) is 18.2 Å². The highest BCUT2D eigenvalue weighted by molar-refractivity contribution is 6.52. The first-order chi connectivity index (χ1) is 9.02. The monoisotopic (exact) mass is 266 g/mol. The number of hydrogen-bond donors (Lipinski definition) is 1. The third-order valence-corrected chi connectivity index (χ3v) is 2.89.